The molecule has 50 heavy (non-hydrogen) atoms. The van der Waals surface area contributed by atoms with Gasteiger partial charge in [-0.05, 0) is 75.9 Å². The summed E-state index contributed by atoms with van der Waals surface area (Å²) in [7, 11) is 9.13. The van der Waals surface area contributed by atoms with Crippen LogP contribution < -0.4 is 18.5 Å². The number of hydrogen-bond acceptors (Lipinski definition) is 10. The van der Waals surface area contributed by atoms with E-state index in [1.165, 1.54) is 50.5 Å². The van der Waals surface area contributed by atoms with Gasteiger partial charge in [0.15, 0.2) is 5.54 Å². The van der Waals surface area contributed by atoms with Crippen LogP contribution in [0.3, 0.4) is 0 Å². The molecule has 2 aliphatic rings. The van der Waals surface area contributed by atoms with Crippen LogP contribution in [-0.4, -0.2) is 122 Å². The molecule has 5 rings (SSSR count). The summed E-state index contributed by atoms with van der Waals surface area (Å²) in [6, 6.07) is 13.9. The minimum absolute atomic E-state index is 0.00678. The summed E-state index contributed by atoms with van der Waals surface area (Å²) in [4.78, 5) is 36.7. The van der Waals surface area contributed by atoms with Crippen LogP contribution in [0.4, 0.5) is 5.69 Å². The molecule has 270 valence electrons. The largest absolute Gasteiger partial charge is 0.497 e. The van der Waals surface area contributed by atoms with Crippen molar-refractivity contribution in [3.8, 4) is 17.2 Å². The highest BCUT2D eigenvalue weighted by Crippen LogP contribution is 2.55. The lowest BCUT2D eigenvalue weighted by Crippen LogP contribution is -2.59. The topological polar surface area (TPSA) is 112 Å². The molecule has 1 unspecified atom stereocenters. The van der Waals surface area contributed by atoms with Crippen molar-refractivity contribution in [1.82, 2.24) is 19.6 Å². The second-order valence-corrected chi connectivity index (χ2v) is 15.3. The number of nitrogens with zero attached hydrogens (tertiary/aromatic N) is 5. The van der Waals surface area contributed by atoms with Crippen molar-refractivity contribution in [2.45, 2.75) is 35.9 Å². The fraction of sp³-hybridized carbons (Fsp3) is 0.444. The maximum Gasteiger partial charge on any atom is 0.274 e. The molecular formula is C36H46ClN5O7S. The molecule has 1 saturated heterocycles. The molecule has 1 fully saturated rings. The Morgan fingerprint density at radius 3 is 2.26 bits per heavy atom. The monoisotopic (exact) mass is 727 g/mol. The molecule has 0 bridgehead atoms. The number of benzene rings is 3. The highest BCUT2D eigenvalue weighted by Gasteiger charge is 2.63. The number of ether oxygens (including phenoxy) is 3. The lowest BCUT2D eigenvalue weighted by Gasteiger charge is -2.42. The number of halogens is 1. The molecule has 0 radical (unpaired) electrons. The molecule has 14 heteroatoms. The Morgan fingerprint density at radius 2 is 1.62 bits per heavy atom. The van der Waals surface area contributed by atoms with Crippen LogP contribution in [0.1, 0.15) is 29.5 Å². The van der Waals surface area contributed by atoms with Gasteiger partial charge in [-0.1, -0.05) is 23.7 Å². The molecule has 0 aromatic heterocycles. The SMILES string of the molecule is COc1ccc(S(=O)(=O)N2C(=O)C(c3ccc(CN(C)CCN(C)C)cc3OC)(N3CCC[C@H]3C(=O)N(C)C)c3cc(Cl)ccc32)c(OC)c1. The average Bonchev–Trinajstić information content (AvgIpc) is 3.67. The highest BCUT2D eigenvalue weighted by molar-refractivity contribution is 7.93. The van der Waals surface area contributed by atoms with Gasteiger partial charge in [0.25, 0.3) is 15.9 Å². The third kappa shape index (κ3) is 6.53. The van der Waals surface area contributed by atoms with Crippen LogP contribution in [-0.2, 0) is 31.7 Å². The zero-order valence-corrected chi connectivity index (χ0v) is 31.5. The van der Waals surface area contributed by atoms with Gasteiger partial charge in [-0.25, -0.2) is 12.7 Å². The number of methoxy groups -OCH3 is 3. The molecule has 2 amide bonds. The van der Waals surface area contributed by atoms with Gasteiger partial charge in [-0.15, -0.1) is 0 Å². The maximum atomic E-state index is 15.5. The molecule has 12 nitrogen and oxygen atoms in total. The summed E-state index contributed by atoms with van der Waals surface area (Å²) in [6.45, 7) is 2.65. The third-order valence-corrected chi connectivity index (χ3v) is 11.4. The molecular weight excluding hydrogens is 682 g/mol. The van der Waals surface area contributed by atoms with Gasteiger partial charge < -0.3 is 28.9 Å². The molecule has 0 aliphatic carbocycles. The van der Waals surface area contributed by atoms with E-state index in [-0.39, 0.29) is 22.2 Å². The fourth-order valence-electron chi connectivity index (χ4n) is 6.98. The van der Waals surface area contributed by atoms with Crippen molar-refractivity contribution in [1.29, 1.82) is 0 Å². The number of anilines is 1. The van der Waals surface area contributed by atoms with Crippen LogP contribution in [0, 0.1) is 0 Å². The van der Waals surface area contributed by atoms with Gasteiger partial charge in [0.05, 0.1) is 33.1 Å². The first-order chi connectivity index (χ1) is 23.7. The maximum absolute atomic E-state index is 15.5. The fourth-order valence-corrected chi connectivity index (χ4v) is 8.76. The Kier molecular flexibility index (Phi) is 11.0. The van der Waals surface area contributed by atoms with Crippen molar-refractivity contribution in [2.24, 2.45) is 0 Å². The Hall–Kier alpha value is -3.88. The van der Waals surface area contributed by atoms with E-state index < -0.39 is 27.5 Å². The number of likely N-dealkylation sites (N-methyl/N-ethyl adjacent to an activating group) is 3. The van der Waals surface area contributed by atoms with Crippen molar-refractivity contribution in [3.63, 3.8) is 0 Å². The van der Waals surface area contributed by atoms with Crippen LogP contribution in [0.15, 0.2) is 59.5 Å². The predicted octanol–water partition coefficient (Wildman–Crippen LogP) is 3.89. The van der Waals surface area contributed by atoms with Crippen molar-refractivity contribution in [3.05, 3.63) is 76.3 Å². The number of carbonyl (C=O) groups is 2. The van der Waals surface area contributed by atoms with Gasteiger partial charge in [0, 0.05) is 62.5 Å². The number of amides is 2. The van der Waals surface area contributed by atoms with Crippen LogP contribution in [0.2, 0.25) is 5.02 Å². The van der Waals surface area contributed by atoms with E-state index in [9.17, 15) is 13.2 Å². The van der Waals surface area contributed by atoms with Gasteiger partial charge in [-0.3, -0.25) is 14.5 Å². The van der Waals surface area contributed by atoms with Crippen LogP contribution in [0.25, 0.3) is 0 Å². The first kappa shape index (κ1) is 37.4. The van der Waals surface area contributed by atoms with E-state index in [1.54, 1.807) is 26.2 Å². The third-order valence-electron chi connectivity index (χ3n) is 9.40. The number of rotatable bonds is 13. The molecule has 2 heterocycles. The van der Waals surface area contributed by atoms with Gasteiger partial charge in [0.2, 0.25) is 5.91 Å². The second kappa shape index (κ2) is 14.8. The van der Waals surface area contributed by atoms with Crippen molar-refractivity contribution in [2.75, 3.05) is 80.5 Å². The average molecular weight is 728 g/mol. The molecule has 2 atom stereocenters. The van der Waals surface area contributed by atoms with Crippen LogP contribution >= 0.6 is 11.6 Å². The molecule has 3 aromatic rings. The number of likely N-dealkylation sites (tertiary alicyclic amines) is 1. The Morgan fingerprint density at radius 1 is 0.900 bits per heavy atom. The minimum atomic E-state index is -4.61. The lowest BCUT2D eigenvalue weighted by atomic mass is 9.80. The number of hydrogen-bond donors (Lipinski definition) is 0. The first-order valence-corrected chi connectivity index (χ1v) is 18.1. The summed E-state index contributed by atoms with van der Waals surface area (Å²) in [5, 5.41) is 0.301. The first-order valence-electron chi connectivity index (χ1n) is 16.3. The lowest BCUT2D eigenvalue weighted by molar-refractivity contribution is -0.138. The zero-order chi connectivity index (χ0) is 36.5. The Bertz CT molecular complexity index is 1870. The van der Waals surface area contributed by atoms with Crippen molar-refractivity contribution < 1.29 is 32.2 Å². The summed E-state index contributed by atoms with van der Waals surface area (Å²) in [5.41, 5.74) is -0.00589. The van der Waals surface area contributed by atoms with E-state index in [2.05, 4.69) is 9.80 Å². The normalized spacial score (nSPS) is 19.3. The van der Waals surface area contributed by atoms with Gasteiger partial charge in [0.1, 0.15) is 22.1 Å². The molecule has 2 aliphatic heterocycles. The predicted molar refractivity (Wildman–Crippen MR) is 193 cm³/mol. The Balaban J connectivity index is 1.78. The number of carbonyl (C=O) groups excluding carboxylic acids is 2. The summed E-state index contributed by atoms with van der Waals surface area (Å²) < 4.78 is 47.2. The van der Waals surface area contributed by atoms with Crippen LogP contribution in [0.5, 0.6) is 17.2 Å². The van der Waals surface area contributed by atoms with E-state index in [0.29, 0.717) is 53.6 Å². The molecule has 0 N–H and O–H groups in total. The van der Waals surface area contributed by atoms with E-state index >= 15 is 4.79 Å². The minimum Gasteiger partial charge on any atom is -0.497 e. The molecule has 3 aromatic carbocycles. The molecule has 0 saturated carbocycles. The quantitative estimate of drug-likeness (QED) is 0.257. The Labute approximate surface area is 300 Å². The van der Waals surface area contributed by atoms with E-state index in [0.717, 1.165) is 23.0 Å². The molecule has 0 spiro atoms. The number of fused-ring (bicyclic) bond motifs is 1. The zero-order valence-electron chi connectivity index (χ0n) is 29.9. The summed E-state index contributed by atoms with van der Waals surface area (Å²) in [6.07, 6.45) is 1.07. The standard InChI is InChI=1S/C36H46ClN5O7S/c1-38(2)18-19-40(5)23-24-11-14-27(31(20-24)48-7)36(41-17-9-10-30(41)34(43)39(3)4)28-21-25(37)12-15-29(28)42(35(36)44)50(45,46)33-16-13-26(47-6)22-32(33)49-8/h11-16,20-22,30H,9-10,17-19,23H2,1-8H3/t30-,36?/m0/s1. The second-order valence-electron chi connectivity index (χ2n) is 13.1. The van der Waals surface area contributed by atoms with Gasteiger partial charge in [-0.2, -0.15) is 0 Å². The summed E-state index contributed by atoms with van der Waals surface area (Å²) >= 11 is 6.66. The van der Waals surface area contributed by atoms with E-state index in [4.69, 9.17) is 25.8 Å². The van der Waals surface area contributed by atoms with Crippen molar-refractivity contribution >= 4 is 39.1 Å². The van der Waals surface area contributed by atoms with E-state index in [1.807, 2.05) is 44.2 Å². The summed E-state index contributed by atoms with van der Waals surface area (Å²) in [5.74, 6) is -0.205. The smallest absolute Gasteiger partial charge is 0.274 e. The van der Waals surface area contributed by atoms with Gasteiger partial charge >= 0.3 is 0 Å². The number of sulfonamides is 1. The highest BCUT2D eigenvalue weighted by atomic mass is 35.5.